The molecule has 0 bridgehead atoms. The van der Waals surface area contributed by atoms with E-state index in [0.29, 0.717) is 11.4 Å². The molecule has 7 nitrogen and oxygen atoms in total. The molecule has 30 heavy (non-hydrogen) atoms. The monoisotopic (exact) mass is 430 g/mol. The molecule has 1 saturated carbocycles. The Morgan fingerprint density at radius 2 is 1.60 bits per heavy atom. The van der Waals surface area contributed by atoms with Crippen molar-refractivity contribution in [1.29, 1.82) is 0 Å². The Labute approximate surface area is 179 Å². The van der Waals surface area contributed by atoms with Crippen LogP contribution in [0.4, 0.5) is 0 Å². The van der Waals surface area contributed by atoms with Crippen LogP contribution in [0.3, 0.4) is 0 Å². The average Bonchev–Trinajstić information content (AvgIpc) is 2.70. The molecule has 1 aliphatic carbocycles. The number of aryl methyl sites for hydroxylation is 1. The van der Waals surface area contributed by atoms with Crippen LogP contribution in [0.25, 0.3) is 0 Å². The molecule has 0 atom stereocenters. The van der Waals surface area contributed by atoms with E-state index in [9.17, 15) is 13.2 Å². The van der Waals surface area contributed by atoms with Crippen LogP contribution in [-0.2, 0) is 16.6 Å². The standard InChI is InChI=1S/C22H30N4O3S/c1-17-10-12-20(13-11-17)30(28,29)26(2)16-21-23-14-18(15-24-21)22(27)25-19-8-6-4-3-5-7-9-19/h10-15,19H,3-9,16H2,1-2H3,(H,25,27). The number of hydrogen-bond acceptors (Lipinski definition) is 5. The predicted molar refractivity (Wildman–Crippen MR) is 115 cm³/mol. The number of sulfonamides is 1. The van der Waals surface area contributed by atoms with Crippen LogP contribution in [0, 0.1) is 6.92 Å². The van der Waals surface area contributed by atoms with Crippen molar-refractivity contribution in [3.63, 3.8) is 0 Å². The second-order valence-electron chi connectivity index (χ2n) is 7.98. The topological polar surface area (TPSA) is 92.3 Å². The number of rotatable bonds is 6. The van der Waals surface area contributed by atoms with Gasteiger partial charge in [0.15, 0.2) is 0 Å². The molecule has 1 fully saturated rings. The lowest BCUT2D eigenvalue weighted by Gasteiger charge is -2.21. The molecule has 1 aliphatic rings. The van der Waals surface area contributed by atoms with Gasteiger partial charge in [-0.15, -0.1) is 0 Å². The van der Waals surface area contributed by atoms with Gasteiger partial charge in [0.05, 0.1) is 17.0 Å². The first-order valence-electron chi connectivity index (χ1n) is 10.5. The van der Waals surface area contributed by atoms with Gasteiger partial charge in [-0.1, -0.05) is 49.8 Å². The maximum atomic E-state index is 12.7. The quantitative estimate of drug-likeness (QED) is 0.758. The Hall–Kier alpha value is -2.32. The molecule has 0 unspecified atom stereocenters. The number of amides is 1. The highest BCUT2D eigenvalue weighted by Gasteiger charge is 2.22. The van der Waals surface area contributed by atoms with Crippen molar-refractivity contribution in [3.8, 4) is 0 Å². The minimum Gasteiger partial charge on any atom is -0.349 e. The molecule has 0 saturated heterocycles. The summed E-state index contributed by atoms with van der Waals surface area (Å²) >= 11 is 0. The van der Waals surface area contributed by atoms with Gasteiger partial charge in [0, 0.05) is 25.5 Å². The normalized spacial score (nSPS) is 16.1. The first-order chi connectivity index (χ1) is 14.4. The molecular formula is C22H30N4O3S. The van der Waals surface area contributed by atoms with E-state index in [1.807, 2.05) is 6.92 Å². The smallest absolute Gasteiger partial charge is 0.254 e. The van der Waals surface area contributed by atoms with E-state index in [1.165, 1.54) is 43.0 Å². The summed E-state index contributed by atoms with van der Waals surface area (Å²) in [6.07, 6.45) is 11.0. The molecule has 8 heteroatoms. The lowest BCUT2D eigenvalue weighted by Crippen LogP contribution is -2.35. The summed E-state index contributed by atoms with van der Waals surface area (Å²) in [5, 5.41) is 3.09. The number of nitrogens with zero attached hydrogens (tertiary/aromatic N) is 3. The molecule has 0 aliphatic heterocycles. The van der Waals surface area contributed by atoms with Gasteiger partial charge in [-0.05, 0) is 31.9 Å². The van der Waals surface area contributed by atoms with Gasteiger partial charge < -0.3 is 5.32 Å². The maximum absolute atomic E-state index is 12.7. The maximum Gasteiger partial charge on any atom is 0.254 e. The van der Waals surface area contributed by atoms with Gasteiger partial charge in [-0.25, -0.2) is 18.4 Å². The minimum absolute atomic E-state index is 0.0285. The van der Waals surface area contributed by atoms with E-state index in [-0.39, 0.29) is 23.4 Å². The molecular weight excluding hydrogens is 400 g/mol. The fourth-order valence-corrected chi connectivity index (χ4v) is 4.72. The van der Waals surface area contributed by atoms with Gasteiger partial charge in [0.2, 0.25) is 10.0 Å². The van der Waals surface area contributed by atoms with Crippen LogP contribution in [0.5, 0.6) is 0 Å². The van der Waals surface area contributed by atoms with Crippen LogP contribution in [0.1, 0.15) is 66.7 Å². The first-order valence-corrected chi connectivity index (χ1v) is 11.9. The van der Waals surface area contributed by atoms with Gasteiger partial charge >= 0.3 is 0 Å². The summed E-state index contributed by atoms with van der Waals surface area (Å²) in [6.45, 7) is 1.93. The summed E-state index contributed by atoms with van der Waals surface area (Å²) in [6, 6.07) is 6.90. The highest BCUT2D eigenvalue weighted by atomic mass is 32.2. The van der Waals surface area contributed by atoms with E-state index >= 15 is 0 Å². The van der Waals surface area contributed by atoms with Crippen molar-refractivity contribution >= 4 is 15.9 Å². The van der Waals surface area contributed by atoms with Gasteiger partial charge in [0.1, 0.15) is 5.82 Å². The third kappa shape index (κ3) is 5.86. The summed E-state index contributed by atoms with van der Waals surface area (Å²) in [7, 11) is -2.14. The van der Waals surface area contributed by atoms with Crippen molar-refractivity contribution in [3.05, 3.63) is 53.6 Å². The minimum atomic E-state index is -3.63. The van der Waals surface area contributed by atoms with E-state index < -0.39 is 10.0 Å². The molecule has 3 rings (SSSR count). The van der Waals surface area contributed by atoms with E-state index in [0.717, 1.165) is 31.2 Å². The molecule has 1 amide bonds. The molecule has 1 aromatic carbocycles. The highest BCUT2D eigenvalue weighted by molar-refractivity contribution is 7.89. The zero-order chi connectivity index (χ0) is 21.6. The molecule has 1 heterocycles. The Morgan fingerprint density at radius 3 is 2.20 bits per heavy atom. The summed E-state index contributed by atoms with van der Waals surface area (Å²) < 4.78 is 26.6. The Kier molecular flexibility index (Phi) is 7.55. The molecule has 1 N–H and O–H groups in total. The van der Waals surface area contributed by atoms with E-state index in [4.69, 9.17) is 0 Å². The summed E-state index contributed by atoms with van der Waals surface area (Å²) in [5.74, 6) is 0.170. The summed E-state index contributed by atoms with van der Waals surface area (Å²) in [5.41, 5.74) is 1.39. The van der Waals surface area contributed by atoms with Crippen LogP contribution in [-0.4, -0.2) is 41.7 Å². The number of carbonyl (C=O) groups is 1. The van der Waals surface area contributed by atoms with Crippen LogP contribution < -0.4 is 5.32 Å². The lowest BCUT2D eigenvalue weighted by atomic mass is 9.96. The average molecular weight is 431 g/mol. The molecule has 2 aromatic rings. The second kappa shape index (κ2) is 10.1. The van der Waals surface area contributed by atoms with Crippen molar-refractivity contribution < 1.29 is 13.2 Å². The molecule has 0 spiro atoms. The van der Waals surface area contributed by atoms with Crippen molar-refractivity contribution in [2.45, 2.75) is 69.4 Å². The molecule has 0 radical (unpaired) electrons. The fraction of sp³-hybridized carbons (Fsp3) is 0.500. The molecule has 162 valence electrons. The van der Waals surface area contributed by atoms with Gasteiger partial charge in [-0.3, -0.25) is 4.79 Å². The highest BCUT2D eigenvalue weighted by Crippen LogP contribution is 2.18. The first kappa shape index (κ1) is 22.4. The Morgan fingerprint density at radius 1 is 1.03 bits per heavy atom. The second-order valence-corrected chi connectivity index (χ2v) is 10.0. The zero-order valence-electron chi connectivity index (χ0n) is 17.7. The fourth-order valence-electron chi connectivity index (χ4n) is 3.60. The lowest BCUT2D eigenvalue weighted by molar-refractivity contribution is 0.0929. The van der Waals surface area contributed by atoms with E-state index in [1.54, 1.807) is 24.3 Å². The Bertz CT molecular complexity index is 935. The SMILES string of the molecule is Cc1ccc(S(=O)(=O)N(C)Cc2ncc(C(=O)NC3CCCCCCC3)cn2)cc1. The largest absolute Gasteiger partial charge is 0.349 e. The summed E-state index contributed by atoms with van der Waals surface area (Å²) in [4.78, 5) is 21.2. The van der Waals surface area contributed by atoms with Crippen LogP contribution in [0.15, 0.2) is 41.6 Å². The number of benzene rings is 1. The molecule has 1 aromatic heterocycles. The van der Waals surface area contributed by atoms with Crippen molar-refractivity contribution in [2.75, 3.05) is 7.05 Å². The number of carbonyl (C=O) groups excluding carboxylic acids is 1. The zero-order valence-corrected chi connectivity index (χ0v) is 18.5. The van der Waals surface area contributed by atoms with Gasteiger partial charge in [0.25, 0.3) is 5.91 Å². The number of aromatic nitrogens is 2. The van der Waals surface area contributed by atoms with Crippen LogP contribution >= 0.6 is 0 Å². The third-order valence-electron chi connectivity index (χ3n) is 5.50. The van der Waals surface area contributed by atoms with Gasteiger partial charge in [-0.2, -0.15) is 4.31 Å². The van der Waals surface area contributed by atoms with Crippen molar-refractivity contribution in [1.82, 2.24) is 19.6 Å². The number of nitrogens with one attached hydrogen (secondary N) is 1. The van der Waals surface area contributed by atoms with E-state index in [2.05, 4.69) is 15.3 Å². The van der Waals surface area contributed by atoms with Crippen LogP contribution in [0.2, 0.25) is 0 Å². The van der Waals surface area contributed by atoms with Crippen molar-refractivity contribution in [2.24, 2.45) is 0 Å². The third-order valence-corrected chi connectivity index (χ3v) is 7.32. The predicted octanol–water partition coefficient (Wildman–Crippen LogP) is 3.45. The Balaban J connectivity index is 1.60. The number of hydrogen-bond donors (Lipinski definition) is 1.